The Labute approximate surface area is 94.3 Å². The minimum atomic E-state index is 0.265. The van der Waals surface area contributed by atoms with Gasteiger partial charge in [0.25, 0.3) is 0 Å². The van der Waals surface area contributed by atoms with Crippen LogP contribution in [0.1, 0.15) is 18.1 Å². The number of nitrogens with one attached hydrogen (secondary N) is 1. The molecule has 1 aromatic rings. The average molecular weight is 228 g/mol. The number of halogens is 1. The highest BCUT2D eigenvalue weighted by Crippen LogP contribution is 2.42. The van der Waals surface area contributed by atoms with Crippen molar-refractivity contribution >= 4 is 11.6 Å². The summed E-state index contributed by atoms with van der Waals surface area (Å²) >= 11 is 6.26. The van der Waals surface area contributed by atoms with Gasteiger partial charge in [-0.15, -0.1) is 0 Å². The summed E-state index contributed by atoms with van der Waals surface area (Å²) in [5.41, 5.74) is 2.31. The summed E-state index contributed by atoms with van der Waals surface area (Å²) in [6.07, 6.45) is 0.895. The van der Waals surface area contributed by atoms with Gasteiger partial charge in [0, 0.05) is 6.54 Å². The molecular weight excluding hydrogens is 214 g/mol. The van der Waals surface area contributed by atoms with E-state index in [-0.39, 0.29) is 6.79 Å². The second kappa shape index (κ2) is 4.29. The molecule has 0 unspecified atom stereocenters. The molecule has 0 aromatic heterocycles. The summed E-state index contributed by atoms with van der Waals surface area (Å²) in [6.45, 7) is 3.14. The molecule has 1 aromatic carbocycles. The molecular formula is C11H14ClNO2. The summed E-state index contributed by atoms with van der Waals surface area (Å²) in [5, 5.41) is 3.81. The minimum Gasteiger partial charge on any atom is -0.454 e. The van der Waals surface area contributed by atoms with E-state index in [9.17, 15) is 0 Å². The molecule has 0 spiro atoms. The minimum absolute atomic E-state index is 0.265. The van der Waals surface area contributed by atoms with Gasteiger partial charge in [0.15, 0.2) is 11.5 Å². The van der Waals surface area contributed by atoms with Gasteiger partial charge in [0.1, 0.15) is 0 Å². The quantitative estimate of drug-likeness (QED) is 0.860. The molecule has 82 valence electrons. The van der Waals surface area contributed by atoms with Gasteiger partial charge in [-0.2, -0.15) is 0 Å². The van der Waals surface area contributed by atoms with Gasteiger partial charge in [0.05, 0.1) is 5.02 Å². The van der Waals surface area contributed by atoms with E-state index >= 15 is 0 Å². The van der Waals surface area contributed by atoms with Gasteiger partial charge in [0.2, 0.25) is 6.79 Å². The zero-order valence-corrected chi connectivity index (χ0v) is 9.65. The standard InChI is InChI=1S/C11H14ClNO2/c1-3-8-7(5-13-2)4-9-11(10(8)12)15-6-14-9/h4,13H,3,5-6H2,1-2H3. The van der Waals surface area contributed by atoms with Crippen LogP contribution in [0.2, 0.25) is 5.02 Å². The fourth-order valence-electron chi connectivity index (χ4n) is 1.82. The lowest BCUT2D eigenvalue weighted by atomic mass is 10.0. The van der Waals surface area contributed by atoms with Crippen molar-refractivity contribution in [3.63, 3.8) is 0 Å². The molecule has 0 bridgehead atoms. The first-order valence-corrected chi connectivity index (χ1v) is 5.40. The third-order valence-corrected chi connectivity index (χ3v) is 2.92. The predicted octanol–water partition coefficient (Wildman–Crippen LogP) is 2.35. The number of fused-ring (bicyclic) bond motifs is 1. The molecule has 0 atom stereocenters. The van der Waals surface area contributed by atoms with Gasteiger partial charge in [-0.05, 0) is 30.7 Å². The van der Waals surface area contributed by atoms with Gasteiger partial charge in [-0.3, -0.25) is 0 Å². The summed E-state index contributed by atoms with van der Waals surface area (Å²) in [7, 11) is 1.91. The topological polar surface area (TPSA) is 30.5 Å². The van der Waals surface area contributed by atoms with Crippen LogP contribution in [0.4, 0.5) is 0 Å². The second-order valence-corrected chi connectivity index (χ2v) is 3.82. The Bertz CT molecular complexity index is 379. The maximum Gasteiger partial charge on any atom is 0.231 e. The summed E-state index contributed by atoms with van der Waals surface area (Å²) in [4.78, 5) is 0. The Kier molecular flexibility index (Phi) is 3.03. The van der Waals surface area contributed by atoms with Crippen LogP contribution in [0, 0.1) is 0 Å². The van der Waals surface area contributed by atoms with Crippen molar-refractivity contribution in [2.75, 3.05) is 13.8 Å². The smallest absolute Gasteiger partial charge is 0.231 e. The van der Waals surface area contributed by atoms with E-state index in [0.29, 0.717) is 10.8 Å². The number of ether oxygens (including phenoxy) is 2. The molecule has 0 saturated carbocycles. The van der Waals surface area contributed by atoms with Crippen LogP contribution < -0.4 is 14.8 Å². The molecule has 1 aliphatic rings. The third-order valence-electron chi connectivity index (χ3n) is 2.52. The predicted molar refractivity (Wildman–Crippen MR) is 59.7 cm³/mol. The Hall–Kier alpha value is -0.930. The molecule has 1 heterocycles. The summed E-state index contributed by atoms with van der Waals surface area (Å²) < 4.78 is 10.7. The molecule has 0 fully saturated rings. The van der Waals surface area contributed by atoms with E-state index in [1.165, 1.54) is 5.56 Å². The lowest BCUT2D eigenvalue weighted by molar-refractivity contribution is 0.174. The van der Waals surface area contributed by atoms with Crippen molar-refractivity contribution in [1.82, 2.24) is 5.32 Å². The van der Waals surface area contributed by atoms with Gasteiger partial charge < -0.3 is 14.8 Å². The lowest BCUT2D eigenvalue weighted by Gasteiger charge is -2.11. The van der Waals surface area contributed by atoms with Crippen molar-refractivity contribution in [2.45, 2.75) is 19.9 Å². The van der Waals surface area contributed by atoms with Gasteiger partial charge in [-0.1, -0.05) is 18.5 Å². The van der Waals surface area contributed by atoms with Crippen molar-refractivity contribution < 1.29 is 9.47 Å². The molecule has 1 aliphatic heterocycles. The summed E-state index contributed by atoms with van der Waals surface area (Å²) in [5.74, 6) is 1.44. The van der Waals surface area contributed by atoms with Crippen molar-refractivity contribution in [3.05, 3.63) is 22.2 Å². The summed E-state index contributed by atoms with van der Waals surface area (Å²) in [6, 6.07) is 2.00. The molecule has 0 radical (unpaired) electrons. The monoisotopic (exact) mass is 227 g/mol. The third kappa shape index (κ3) is 1.77. The number of rotatable bonds is 3. The second-order valence-electron chi connectivity index (χ2n) is 3.45. The maximum absolute atomic E-state index is 6.26. The first kappa shape index (κ1) is 10.6. The van der Waals surface area contributed by atoms with E-state index < -0.39 is 0 Å². The van der Waals surface area contributed by atoms with Gasteiger partial charge >= 0.3 is 0 Å². The highest BCUT2D eigenvalue weighted by molar-refractivity contribution is 6.33. The molecule has 2 rings (SSSR count). The number of hydrogen-bond donors (Lipinski definition) is 1. The SMILES string of the molecule is CCc1c(CNC)cc2c(c1Cl)OCO2. The van der Waals surface area contributed by atoms with Crippen molar-refractivity contribution in [3.8, 4) is 11.5 Å². The zero-order chi connectivity index (χ0) is 10.8. The normalized spacial score (nSPS) is 13.3. The van der Waals surface area contributed by atoms with E-state index in [0.717, 1.165) is 24.3 Å². The highest BCUT2D eigenvalue weighted by Gasteiger charge is 2.21. The maximum atomic E-state index is 6.26. The number of benzene rings is 1. The average Bonchev–Trinajstić information content (AvgIpc) is 2.67. The van der Waals surface area contributed by atoms with Crippen LogP contribution in [0.5, 0.6) is 11.5 Å². The molecule has 0 saturated heterocycles. The van der Waals surface area contributed by atoms with E-state index in [1.807, 2.05) is 13.1 Å². The van der Waals surface area contributed by atoms with Crippen LogP contribution in [0.15, 0.2) is 6.07 Å². The Morgan fingerprint density at radius 1 is 1.47 bits per heavy atom. The Balaban J connectivity index is 2.51. The van der Waals surface area contributed by atoms with Crippen LogP contribution in [-0.2, 0) is 13.0 Å². The Morgan fingerprint density at radius 2 is 2.27 bits per heavy atom. The van der Waals surface area contributed by atoms with Crippen LogP contribution >= 0.6 is 11.6 Å². The molecule has 0 aliphatic carbocycles. The van der Waals surface area contributed by atoms with Crippen LogP contribution in [0.3, 0.4) is 0 Å². The zero-order valence-electron chi connectivity index (χ0n) is 8.89. The lowest BCUT2D eigenvalue weighted by Crippen LogP contribution is -2.08. The van der Waals surface area contributed by atoms with Crippen LogP contribution in [0.25, 0.3) is 0 Å². The fraction of sp³-hybridized carbons (Fsp3) is 0.455. The largest absolute Gasteiger partial charge is 0.454 e. The molecule has 0 amide bonds. The van der Waals surface area contributed by atoms with Gasteiger partial charge in [-0.25, -0.2) is 0 Å². The molecule has 3 nitrogen and oxygen atoms in total. The molecule has 4 heteroatoms. The van der Waals surface area contributed by atoms with E-state index in [1.54, 1.807) is 0 Å². The fourth-order valence-corrected chi connectivity index (χ4v) is 2.22. The van der Waals surface area contributed by atoms with Crippen LogP contribution in [-0.4, -0.2) is 13.8 Å². The highest BCUT2D eigenvalue weighted by atomic mass is 35.5. The molecule has 1 N–H and O–H groups in total. The van der Waals surface area contributed by atoms with E-state index in [2.05, 4.69) is 12.2 Å². The first-order valence-electron chi connectivity index (χ1n) is 5.02. The first-order chi connectivity index (χ1) is 7.27. The van der Waals surface area contributed by atoms with Crippen molar-refractivity contribution in [1.29, 1.82) is 0 Å². The Morgan fingerprint density at radius 3 is 2.93 bits per heavy atom. The van der Waals surface area contributed by atoms with Crippen molar-refractivity contribution in [2.24, 2.45) is 0 Å². The van der Waals surface area contributed by atoms with E-state index in [4.69, 9.17) is 21.1 Å². The molecule has 15 heavy (non-hydrogen) atoms. The number of hydrogen-bond acceptors (Lipinski definition) is 3.